The van der Waals surface area contributed by atoms with Crippen LogP contribution >= 0.6 is 23.2 Å². The quantitative estimate of drug-likeness (QED) is 0.624. The Balaban J connectivity index is 1.68. The first-order valence-electron chi connectivity index (χ1n) is 9.11. The third-order valence-electron chi connectivity index (χ3n) is 5.14. The predicted octanol–water partition coefficient (Wildman–Crippen LogP) is 5.27. The van der Waals surface area contributed by atoms with E-state index in [0.29, 0.717) is 28.2 Å². The monoisotopic (exact) mass is 410 g/mol. The van der Waals surface area contributed by atoms with Crippen molar-refractivity contribution in [1.82, 2.24) is 14.8 Å². The molecule has 140 valence electrons. The molecule has 0 radical (unpaired) electrons. The predicted molar refractivity (Wildman–Crippen MR) is 110 cm³/mol. The van der Waals surface area contributed by atoms with Crippen LogP contribution in [0.1, 0.15) is 30.9 Å². The molecule has 3 aromatic rings. The van der Waals surface area contributed by atoms with E-state index < -0.39 is 0 Å². The number of rotatable bonds is 2. The standard InChI is InChI=1S/C21H16Cl2N4O/c22-14-9-7-12(8-10-14)19-18-16(5-2-6-17(18)28)24-21-25-20(26-27(19)21)13-3-1-4-15(23)11-13/h1,3-4,7-11,19H,2,5-6H2,(H,24,25,26). The number of ketones is 1. The molecule has 2 aliphatic rings. The summed E-state index contributed by atoms with van der Waals surface area (Å²) in [4.78, 5) is 17.5. The van der Waals surface area contributed by atoms with E-state index in [2.05, 4.69) is 10.3 Å². The molecule has 0 saturated heterocycles. The van der Waals surface area contributed by atoms with Gasteiger partial charge in [-0.3, -0.25) is 4.79 Å². The third-order valence-corrected chi connectivity index (χ3v) is 5.62. The van der Waals surface area contributed by atoms with Gasteiger partial charge in [-0.2, -0.15) is 4.98 Å². The normalized spacial score (nSPS) is 18.5. The second-order valence-electron chi connectivity index (χ2n) is 6.96. The lowest BCUT2D eigenvalue weighted by Gasteiger charge is -2.32. The molecule has 1 aliphatic heterocycles. The molecule has 0 saturated carbocycles. The zero-order valence-corrected chi connectivity index (χ0v) is 16.3. The SMILES string of the molecule is O=C1CCCC2=C1C(c1ccc(Cl)cc1)n1nc(-c3cccc(Cl)c3)nc1N2. The van der Waals surface area contributed by atoms with Crippen molar-refractivity contribution in [3.8, 4) is 11.4 Å². The van der Waals surface area contributed by atoms with Crippen molar-refractivity contribution in [2.75, 3.05) is 5.32 Å². The molecule has 1 N–H and O–H groups in total. The number of carbonyl (C=O) groups is 1. The second kappa shape index (κ2) is 6.76. The molecule has 0 fully saturated rings. The van der Waals surface area contributed by atoms with Crippen molar-refractivity contribution >= 4 is 34.9 Å². The number of fused-ring (bicyclic) bond motifs is 1. The minimum atomic E-state index is -0.322. The molecule has 1 aromatic heterocycles. The Morgan fingerprint density at radius 1 is 1.04 bits per heavy atom. The molecule has 7 heteroatoms. The summed E-state index contributed by atoms with van der Waals surface area (Å²) < 4.78 is 1.79. The fourth-order valence-corrected chi connectivity index (χ4v) is 4.18. The van der Waals surface area contributed by atoms with E-state index in [9.17, 15) is 4.79 Å². The van der Waals surface area contributed by atoms with Crippen LogP contribution < -0.4 is 5.32 Å². The number of carbonyl (C=O) groups excluding carboxylic acids is 1. The fraction of sp³-hybridized carbons (Fsp3) is 0.190. The highest BCUT2D eigenvalue weighted by Gasteiger charge is 2.36. The van der Waals surface area contributed by atoms with Gasteiger partial charge in [-0.05, 0) is 42.7 Å². The molecule has 1 aliphatic carbocycles. The summed E-state index contributed by atoms with van der Waals surface area (Å²) >= 11 is 12.2. The molecule has 2 heterocycles. The lowest BCUT2D eigenvalue weighted by molar-refractivity contribution is -0.116. The smallest absolute Gasteiger partial charge is 0.226 e. The van der Waals surface area contributed by atoms with Crippen LogP contribution in [0.4, 0.5) is 5.95 Å². The molecular weight excluding hydrogens is 395 g/mol. The number of hydrogen-bond acceptors (Lipinski definition) is 4. The van der Waals surface area contributed by atoms with Crippen LogP contribution in [0.3, 0.4) is 0 Å². The van der Waals surface area contributed by atoms with Gasteiger partial charge < -0.3 is 5.32 Å². The average molecular weight is 411 g/mol. The first-order valence-corrected chi connectivity index (χ1v) is 9.87. The highest BCUT2D eigenvalue weighted by atomic mass is 35.5. The van der Waals surface area contributed by atoms with E-state index in [1.807, 2.05) is 48.5 Å². The Morgan fingerprint density at radius 3 is 2.64 bits per heavy atom. The Morgan fingerprint density at radius 2 is 1.86 bits per heavy atom. The highest BCUT2D eigenvalue weighted by Crippen LogP contribution is 2.40. The van der Waals surface area contributed by atoms with Crippen LogP contribution in [0, 0.1) is 0 Å². The zero-order chi connectivity index (χ0) is 19.3. The van der Waals surface area contributed by atoms with Gasteiger partial charge in [-0.1, -0.05) is 47.5 Å². The number of hydrogen-bond donors (Lipinski definition) is 1. The third kappa shape index (κ3) is 2.91. The maximum Gasteiger partial charge on any atom is 0.226 e. The molecule has 28 heavy (non-hydrogen) atoms. The summed E-state index contributed by atoms with van der Waals surface area (Å²) in [6, 6.07) is 14.7. The van der Waals surface area contributed by atoms with Crippen LogP contribution in [0.25, 0.3) is 11.4 Å². The Hall–Kier alpha value is -2.63. The Bertz CT molecular complexity index is 1120. The van der Waals surface area contributed by atoms with Crippen LogP contribution in [0.5, 0.6) is 0 Å². The number of nitrogens with one attached hydrogen (secondary N) is 1. The minimum absolute atomic E-state index is 0.152. The summed E-state index contributed by atoms with van der Waals surface area (Å²) in [6.45, 7) is 0. The Labute approximate surface area is 172 Å². The molecule has 0 bridgehead atoms. The van der Waals surface area contributed by atoms with E-state index >= 15 is 0 Å². The van der Waals surface area contributed by atoms with E-state index in [4.69, 9.17) is 28.3 Å². The van der Waals surface area contributed by atoms with Gasteiger partial charge >= 0.3 is 0 Å². The lowest BCUT2D eigenvalue weighted by atomic mass is 9.85. The molecule has 0 amide bonds. The van der Waals surface area contributed by atoms with Gasteiger partial charge in [0.2, 0.25) is 5.95 Å². The summed E-state index contributed by atoms with van der Waals surface area (Å²) in [5.74, 6) is 1.35. The molecular formula is C21H16Cl2N4O. The topological polar surface area (TPSA) is 59.8 Å². The number of allylic oxidation sites excluding steroid dienone is 2. The van der Waals surface area contributed by atoms with Gasteiger partial charge in [0.15, 0.2) is 11.6 Å². The zero-order valence-electron chi connectivity index (χ0n) is 14.8. The molecule has 0 spiro atoms. The first kappa shape index (κ1) is 17.5. The van der Waals surface area contributed by atoms with Gasteiger partial charge in [0, 0.05) is 33.3 Å². The van der Waals surface area contributed by atoms with E-state index in [-0.39, 0.29) is 11.8 Å². The van der Waals surface area contributed by atoms with Crippen molar-refractivity contribution < 1.29 is 4.79 Å². The van der Waals surface area contributed by atoms with Crippen LogP contribution in [0.15, 0.2) is 59.8 Å². The molecule has 5 rings (SSSR count). The van der Waals surface area contributed by atoms with Crippen LogP contribution in [-0.4, -0.2) is 20.5 Å². The molecule has 5 nitrogen and oxygen atoms in total. The van der Waals surface area contributed by atoms with Gasteiger partial charge in [-0.15, -0.1) is 5.10 Å². The van der Waals surface area contributed by atoms with Crippen LogP contribution in [-0.2, 0) is 4.79 Å². The highest BCUT2D eigenvalue weighted by molar-refractivity contribution is 6.31. The van der Waals surface area contributed by atoms with E-state index in [1.54, 1.807) is 4.68 Å². The molecule has 2 aromatic carbocycles. The summed E-state index contributed by atoms with van der Waals surface area (Å²) in [5.41, 5.74) is 3.49. The van der Waals surface area contributed by atoms with Crippen molar-refractivity contribution in [1.29, 1.82) is 0 Å². The van der Waals surface area contributed by atoms with Crippen molar-refractivity contribution in [3.63, 3.8) is 0 Å². The van der Waals surface area contributed by atoms with Gasteiger partial charge in [0.05, 0.1) is 0 Å². The number of Topliss-reactive ketones (excluding diaryl/α,β-unsaturated/α-hetero) is 1. The summed E-state index contributed by atoms with van der Waals surface area (Å²) in [6.07, 6.45) is 2.22. The van der Waals surface area contributed by atoms with Crippen LogP contribution in [0.2, 0.25) is 10.0 Å². The summed E-state index contributed by atoms with van der Waals surface area (Å²) in [5, 5.41) is 9.35. The number of anilines is 1. The number of halogens is 2. The minimum Gasteiger partial charge on any atom is -0.328 e. The molecule has 1 atom stereocenters. The maximum absolute atomic E-state index is 12.8. The lowest BCUT2D eigenvalue weighted by Crippen LogP contribution is -2.31. The van der Waals surface area contributed by atoms with E-state index in [0.717, 1.165) is 35.2 Å². The van der Waals surface area contributed by atoms with E-state index in [1.165, 1.54) is 0 Å². The fourth-order valence-electron chi connectivity index (χ4n) is 3.86. The van der Waals surface area contributed by atoms with Gasteiger partial charge in [-0.25, -0.2) is 4.68 Å². The molecule has 1 unspecified atom stereocenters. The van der Waals surface area contributed by atoms with Crippen molar-refractivity contribution in [2.45, 2.75) is 25.3 Å². The largest absolute Gasteiger partial charge is 0.328 e. The first-order chi connectivity index (χ1) is 13.6. The number of benzene rings is 2. The number of nitrogens with zero attached hydrogens (tertiary/aromatic N) is 3. The summed E-state index contributed by atoms with van der Waals surface area (Å²) in [7, 11) is 0. The number of aromatic nitrogens is 3. The average Bonchev–Trinajstić information content (AvgIpc) is 3.11. The Kier molecular flexibility index (Phi) is 4.22. The van der Waals surface area contributed by atoms with Gasteiger partial charge in [0.1, 0.15) is 6.04 Å². The van der Waals surface area contributed by atoms with Gasteiger partial charge in [0.25, 0.3) is 0 Å². The van der Waals surface area contributed by atoms with Crippen molar-refractivity contribution in [3.05, 3.63) is 75.4 Å². The van der Waals surface area contributed by atoms with Crippen molar-refractivity contribution in [2.24, 2.45) is 0 Å². The second-order valence-corrected chi connectivity index (χ2v) is 7.83. The maximum atomic E-state index is 12.8.